The summed E-state index contributed by atoms with van der Waals surface area (Å²) >= 11 is 0. The Balaban J connectivity index is 1.92. The Hall–Kier alpha value is -3.30. The molecule has 0 bridgehead atoms. The first kappa shape index (κ1) is 25.8. The van der Waals surface area contributed by atoms with E-state index in [1.165, 1.54) is 25.4 Å². The predicted octanol–water partition coefficient (Wildman–Crippen LogP) is 4.51. The molecule has 0 fully saturated rings. The van der Waals surface area contributed by atoms with Crippen LogP contribution < -0.4 is 10.9 Å². The molecule has 2 aromatic heterocycles. The van der Waals surface area contributed by atoms with Gasteiger partial charge in [-0.3, -0.25) is 4.79 Å². The van der Waals surface area contributed by atoms with Gasteiger partial charge in [0.1, 0.15) is 12.0 Å². The fourth-order valence-electron chi connectivity index (χ4n) is 3.62. The summed E-state index contributed by atoms with van der Waals surface area (Å²) in [5, 5.41) is 4.54. The fraction of sp³-hybridized carbons (Fsp3) is 0.208. The third-order valence-corrected chi connectivity index (χ3v) is 8.96. The lowest BCUT2D eigenvalue weighted by Gasteiger charge is -2.13. The number of nitrogens with zero attached hydrogens (tertiary/aromatic N) is 3. The van der Waals surface area contributed by atoms with E-state index >= 15 is 0 Å². The number of pyridine rings is 1. The van der Waals surface area contributed by atoms with Gasteiger partial charge in [0.05, 0.1) is 22.9 Å². The molecule has 0 N–H and O–H groups in total. The summed E-state index contributed by atoms with van der Waals surface area (Å²) in [7, 11) is -6.41. The maximum Gasteiger partial charge on any atom is 0.416 e. The minimum Gasteiger partial charge on any atom is -0.319 e. The van der Waals surface area contributed by atoms with Crippen molar-refractivity contribution in [2.24, 2.45) is 0 Å². The Bertz CT molecular complexity index is 1690. The summed E-state index contributed by atoms with van der Waals surface area (Å²) in [6.07, 6.45) is -2.13. The molecule has 0 saturated carbocycles. The molecule has 12 heteroatoms. The number of aromatic nitrogens is 3. The van der Waals surface area contributed by atoms with Crippen LogP contribution in [0.4, 0.5) is 13.2 Å². The van der Waals surface area contributed by atoms with Crippen molar-refractivity contribution in [2.75, 3.05) is 19.1 Å². The average Bonchev–Trinajstić information content (AvgIpc) is 2.83. The zero-order valence-electron chi connectivity index (χ0n) is 19.4. The molecular formula is C24H21F3N3O4PS. The minimum absolute atomic E-state index is 0.171. The van der Waals surface area contributed by atoms with Crippen LogP contribution in [0.1, 0.15) is 12.5 Å². The van der Waals surface area contributed by atoms with Crippen molar-refractivity contribution in [3.8, 4) is 16.9 Å². The van der Waals surface area contributed by atoms with Gasteiger partial charge in [-0.15, -0.1) is 0 Å². The van der Waals surface area contributed by atoms with Crippen molar-refractivity contribution < 1.29 is 26.2 Å². The molecule has 2 heterocycles. The third-order valence-electron chi connectivity index (χ3n) is 5.69. The summed E-state index contributed by atoms with van der Waals surface area (Å²) in [5.41, 5.74) is -0.917. The van der Waals surface area contributed by atoms with Crippen molar-refractivity contribution >= 4 is 33.1 Å². The van der Waals surface area contributed by atoms with E-state index in [2.05, 4.69) is 10.1 Å². The number of halogens is 3. The molecule has 188 valence electrons. The van der Waals surface area contributed by atoms with Gasteiger partial charge in [0.2, 0.25) is 0 Å². The molecule has 0 aliphatic carbocycles. The number of hydrogen-bond donors (Lipinski definition) is 0. The van der Waals surface area contributed by atoms with E-state index in [9.17, 15) is 30.9 Å². The van der Waals surface area contributed by atoms with Crippen LogP contribution in [0.15, 0.2) is 70.6 Å². The summed E-state index contributed by atoms with van der Waals surface area (Å²) in [4.78, 5) is 17.0. The number of rotatable bonds is 5. The molecular weight excluding hydrogens is 514 g/mol. The van der Waals surface area contributed by atoms with Gasteiger partial charge in [0.25, 0.3) is 5.56 Å². The lowest BCUT2D eigenvalue weighted by atomic mass is 10.1. The van der Waals surface area contributed by atoms with Crippen molar-refractivity contribution in [2.45, 2.75) is 18.0 Å². The van der Waals surface area contributed by atoms with Crippen LogP contribution in [0.25, 0.3) is 27.7 Å². The van der Waals surface area contributed by atoms with E-state index < -0.39 is 34.3 Å². The van der Waals surface area contributed by atoms with E-state index in [-0.39, 0.29) is 27.2 Å². The van der Waals surface area contributed by atoms with Gasteiger partial charge in [0, 0.05) is 22.5 Å². The van der Waals surface area contributed by atoms with E-state index in [0.717, 1.165) is 12.1 Å². The number of sulfone groups is 1. The lowest BCUT2D eigenvalue weighted by Crippen LogP contribution is -2.25. The Kier molecular flexibility index (Phi) is 6.43. The van der Waals surface area contributed by atoms with Crippen LogP contribution in [0.2, 0.25) is 0 Å². The quantitative estimate of drug-likeness (QED) is 0.349. The first-order chi connectivity index (χ1) is 16.7. The molecule has 36 heavy (non-hydrogen) atoms. The van der Waals surface area contributed by atoms with Gasteiger partial charge in [-0.2, -0.15) is 23.0 Å². The Morgan fingerprint density at radius 2 is 1.64 bits per heavy atom. The largest absolute Gasteiger partial charge is 0.416 e. The second-order valence-electron chi connectivity index (χ2n) is 8.51. The molecule has 0 amide bonds. The summed E-state index contributed by atoms with van der Waals surface area (Å²) < 4.78 is 78.5. The molecule has 0 unspecified atom stereocenters. The predicted molar refractivity (Wildman–Crippen MR) is 132 cm³/mol. The van der Waals surface area contributed by atoms with Crippen molar-refractivity contribution in [3.63, 3.8) is 0 Å². The van der Waals surface area contributed by atoms with Crippen LogP contribution in [0, 0.1) is 0 Å². The van der Waals surface area contributed by atoms with Gasteiger partial charge in [-0.05, 0) is 37.1 Å². The molecule has 4 rings (SSSR count). The fourth-order valence-corrected chi connectivity index (χ4v) is 5.52. The highest BCUT2D eigenvalue weighted by Crippen LogP contribution is 2.35. The summed E-state index contributed by atoms with van der Waals surface area (Å²) in [6.45, 7) is 4.69. The molecule has 0 radical (unpaired) electrons. The topological polar surface area (TPSA) is 99.0 Å². The minimum atomic E-state index is -4.66. The SMILES string of the molecule is CCS(=O)(=O)c1cc(-c2ccc(P(C)(C)=O)cc2)cnc1-n1ncc2ccc(C(F)(F)F)cc2c1=O. The molecule has 0 saturated heterocycles. The van der Waals surface area contributed by atoms with Crippen LogP contribution in [0.3, 0.4) is 0 Å². The molecule has 7 nitrogen and oxygen atoms in total. The third kappa shape index (κ3) is 4.85. The van der Waals surface area contributed by atoms with E-state index in [1.54, 1.807) is 37.6 Å². The Morgan fingerprint density at radius 3 is 2.22 bits per heavy atom. The van der Waals surface area contributed by atoms with Crippen LogP contribution in [0.5, 0.6) is 0 Å². The average molecular weight is 535 g/mol. The molecule has 4 aromatic rings. The second kappa shape index (κ2) is 8.97. The Labute approximate surface area is 204 Å². The van der Waals surface area contributed by atoms with Crippen LogP contribution in [-0.2, 0) is 20.6 Å². The second-order valence-corrected chi connectivity index (χ2v) is 14.0. The van der Waals surface area contributed by atoms with Gasteiger partial charge in [-0.1, -0.05) is 37.3 Å². The molecule has 2 aromatic carbocycles. The van der Waals surface area contributed by atoms with E-state index in [0.29, 0.717) is 27.2 Å². The normalized spacial score (nSPS) is 12.7. The molecule has 0 aliphatic rings. The number of benzene rings is 2. The van der Waals surface area contributed by atoms with Crippen molar-refractivity contribution in [3.05, 3.63) is 76.8 Å². The zero-order valence-corrected chi connectivity index (χ0v) is 21.2. The monoisotopic (exact) mass is 535 g/mol. The first-order valence-corrected chi connectivity index (χ1v) is 15.0. The zero-order chi connectivity index (χ0) is 26.5. The van der Waals surface area contributed by atoms with E-state index in [4.69, 9.17) is 0 Å². The van der Waals surface area contributed by atoms with Crippen molar-refractivity contribution in [1.82, 2.24) is 14.8 Å². The van der Waals surface area contributed by atoms with Crippen LogP contribution >= 0.6 is 7.14 Å². The highest BCUT2D eigenvalue weighted by atomic mass is 32.2. The maximum atomic E-state index is 13.2. The smallest absolute Gasteiger partial charge is 0.319 e. The molecule has 0 atom stereocenters. The number of fused-ring (bicyclic) bond motifs is 1. The lowest BCUT2D eigenvalue weighted by molar-refractivity contribution is -0.137. The molecule has 0 spiro atoms. The highest BCUT2D eigenvalue weighted by Gasteiger charge is 2.31. The molecule has 0 aliphatic heterocycles. The number of hydrogen-bond acceptors (Lipinski definition) is 6. The van der Waals surface area contributed by atoms with Gasteiger partial charge in [-0.25, -0.2) is 13.4 Å². The van der Waals surface area contributed by atoms with Gasteiger partial charge in [0.15, 0.2) is 15.7 Å². The standard InChI is InChI=1S/C24H21F3N3O4PS/c1-4-36(33,34)21-11-17(15-6-9-19(10-7-15)35(2,3)32)13-28-22(21)30-23(31)20-12-18(24(25,26)27)8-5-16(20)14-29-30/h5-14H,4H2,1-3H3. The van der Waals surface area contributed by atoms with Gasteiger partial charge >= 0.3 is 6.18 Å². The van der Waals surface area contributed by atoms with E-state index in [1.807, 2.05) is 0 Å². The van der Waals surface area contributed by atoms with Crippen LogP contribution in [-0.4, -0.2) is 42.3 Å². The van der Waals surface area contributed by atoms with Gasteiger partial charge < -0.3 is 4.57 Å². The number of alkyl halides is 3. The summed E-state index contributed by atoms with van der Waals surface area (Å²) in [6, 6.07) is 10.8. The first-order valence-electron chi connectivity index (χ1n) is 10.7. The Morgan fingerprint density at radius 1 is 0.972 bits per heavy atom. The summed E-state index contributed by atoms with van der Waals surface area (Å²) in [5.74, 6) is -0.618. The highest BCUT2D eigenvalue weighted by molar-refractivity contribution is 7.91. The van der Waals surface area contributed by atoms with Crippen molar-refractivity contribution in [1.29, 1.82) is 0 Å². The maximum absolute atomic E-state index is 13.2.